The number of aliphatic hydroxyl groups excluding tert-OH is 3. The smallest absolute Gasteiger partial charge is 0.329 e. The molecule has 1 aromatic heterocycles. The molecule has 28 nitrogen and oxygen atoms in total. The number of aromatic nitrogens is 2. The molecule has 0 radical (unpaired) electrons. The Morgan fingerprint density at radius 2 is 1.36 bits per heavy atom. The Kier molecular flexibility index (Phi) is 30.3. The minimum Gasteiger partial charge on any atom is -0.508 e. The molecule has 2 aromatic rings. The average Bonchev–Trinajstić information content (AvgIpc) is 4.03. The van der Waals surface area contributed by atoms with E-state index in [4.69, 9.17) is 10.5 Å². The number of phenols is 1. The van der Waals surface area contributed by atoms with E-state index in [9.17, 15) is 73.2 Å². The molecule has 84 heavy (non-hydrogen) atoms. The number of hydrogen-bond donors (Lipinski definition) is 15. The highest BCUT2D eigenvalue weighted by molar-refractivity contribution is 6.03. The van der Waals surface area contributed by atoms with Crippen LogP contribution >= 0.6 is 0 Å². The van der Waals surface area contributed by atoms with Gasteiger partial charge in [-0.1, -0.05) is 89.0 Å². The summed E-state index contributed by atoms with van der Waals surface area (Å²) in [7, 11) is 0. The van der Waals surface area contributed by atoms with Crippen LogP contribution in [0.5, 0.6) is 5.75 Å². The number of ether oxygens (including phenoxy) is 1. The lowest BCUT2D eigenvalue weighted by molar-refractivity contribution is -0.156. The third-order valence-corrected chi connectivity index (χ3v) is 13.5. The van der Waals surface area contributed by atoms with E-state index in [-0.39, 0.29) is 17.9 Å². The number of phenolic OH excluding ortho intramolecular Hbond substituents is 1. The van der Waals surface area contributed by atoms with E-state index in [0.717, 1.165) is 65.4 Å². The first kappa shape index (κ1) is 70.0. The van der Waals surface area contributed by atoms with E-state index in [1.54, 1.807) is 0 Å². The van der Waals surface area contributed by atoms with Crippen LogP contribution in [0.4, 0.5) is 0 Å². The molecular formula is C56H84N12O16. The molecule has 3 rings (SSSR count). The van der Waals surface area contributed by atoms with E-state index in [1.165, 1.54) is 69.6 Å². The van der Waals surface area contributed by atoms with Crippen molar-refractivity contribution in [2.45, 2.75) is 199 Å². The van der Waals surface area contributed by atoms with Crippen LogP contribution in [0.25, 0.3) is 0 Å². The highest BCUT2D eigenvalue weighted by Gasteiger charge is 2.39. The predicted molar refractivity (Wildman–Crippen MR) is 302 cm³/mol. The number of esters is 1. The number of H-pyrrole nitrogens is 1. The largest absolute Gasteiger partial charge is 0.508 e. The number of amides is 10. The van der Waals surface area contributed by atoms with Crippen molar-refractivity contribution in [2.24, 2.45) is 5.73 Å². The maximum Gasteiger partial charge on any atom is 0.329 e. The van der Waals surface area contributed by atoms with Crippen LogP contribution in [0.2, 0.25) is 0 Å². The van der Waals surface area contributed by atoms with Crippen molar-refractivity contribution in [3.63, 3.8) is 0 Å². The number of benzene rings is 1. The standard InChI is InChI=1S/C56H84N12O16/c1-7-10-11-12-13-14-15-16-17-18-37(72)27-44(74)61-38(8-2)51(78)68-48-33(6)84-56(83)42(26-35-28-58-30-60-35)65-54(81)46(31(4)69)66-50(77)39(9-3)62-45(75)29-59-49(76)40(23-24-43(57)73)63-52(79)41(25-34-19-21-36(71)22-20-34)64-53(80)47(32(5)70)67-55(48)82/h8-9,19-22,28,30-33,37,40-42,46-48,69-72H,7,10-18,23-27,29H2,1-6H3,(H2,57,73)(H,58,60)(H,59,76)(H,61,74)(H,62,75)(H,63,79)(H,64,80)(H,65,81)(H,66,77)(H,67,82)(H,68,78). The molecule has 16 N–H and O–H groups in total. The summed E-state index contributed by atoms with van der Waals surface area (Å²) in [6.07, 6.45) is 6.19. The maximum atomic E-state index is 14.6. The number of imidazole rings is 1. The van der Waals surface area contributed by atoms with Crippen molar-refractivity contribution in [3.05, 3.63) is 71.6 Å². The molecule has 0 bridgehead atoms. The molecule has 10 amide bonds. The minimum absolute atomic E-state index is 0.159. The molecule has 1 fully saturated rings. The fourth-order valence-electron chi connectivity index (χ4n) is 8.67. The van der Waals surface area contributed by atoms with Gasteiger partial charge in [0, 0.05) is 31.2 Å². The van der Waals surface area contributed by atoms with Crippen LogP contribution in [-0.4, -0.2) is 163 Å². The van der Waals surface area contributed by atoms with Gasteiger partial charge in [-0.2, -0.15) is 0 Å². The third kappa shape index (κ3) is 24.7. The van der Waals surface area contributed by atoms with Crippen LogP contribution in [-0.2, 0) is 70.3 Å². The molecule has 2 heterocycles. The molecule has 28 heteroatoms. The van der Waals surface area contributed by atoms with Gasteiger partial charge in [-0.25, -0.2) is 9.78 Å². The van der Waals surface area contributed by atoms with Crippen LogP contribution in [0.1, 0.15) is 136 Å². The van der Waals surface area contributed by atoms with Crippen LogP contribution in [0.15, 0.2) is 60.3 Å². The number of aliphatic hydroxyl groups is 3. The zero-order chi connectivity index (χ0) is 62.5. The van der Waals surface area contributed by atoms with E-state index in [2.05, 4.69) is 64.7 Å². The van der Waals surface area contributed by atoms with Crippen LogP contribution in [0, 0.1) is 0 Å². The number of nitrogens with one attached hydrogen (secondary N) is 10. The Bertz CT molecular complexity index is 2610. The lowest BCUT2D eigenvalue weighted by Crippen LogP contribution is -2.63. The number of nitrogens with two attached hydrogens (primary N) is 1. The maximum absolute atomic E-state index is 14.6. The number of cyclic esters (lactones) is 1. The lowest BCUT2D eigenvalue weighted by Gasteiger charge is -2.30. The second-order valence-electron chi connectivity index (χ2n) is 20.5. The number of aromatic hydroxyl groups is 1. The number of carbonyl (C=O) groups is 11. The summed E-state index contributed by atoms with van der Waals surface area (Å²) < 4.78 is 5.76. The Hall–Kier alpha value is -8.24. The Morgan fingerprint density at radius 3 is 1.93 bits per heavy atom. The quantitative estimate of drug-likeness (QED) is 0.0327. The second kappa shape index (κ2) is 36.4. The van der Waals surface area contributed by atoms with Gasteiger partial charge in [0.15, 0.2) is 0 Å². The molecule has 464 valence electrons. The van der Waals surface area contributed by atoms with Crippen molar-refractivity contribution in [3.8, 4) is 5.75 Å². The number of allylic oxidation sites excluding steroid dienone is 2. The number of nitrogens with zero attached hydrogens (tertiary/aromatic N) is 1. The van der Waals surface area contributed by atoms with Crippen molar-refractivity contribution in [1.29, 1.82) is 0 Å². The number of hydrogen-bond acceptors (Lipinski definition) is 17. The summed E-state index contributed by atoms with van der Waals surface area (Å²) in [5, 5.41) is 63.8. The molecule has 10 atom stereocenters. The van der Waals surface area contributed by atoms with Crippen molar-refractivity contribution in [2.75, 3.05) is 6.54 Å². The van der Waals surface area contributed by atoms with Crippen molar-refractivity contribution < 1.29 is 77.9 Å². The molecule has 0 spiro atoms. The van der Waals surface area contributed by atoms with E-state index >= 15 is 0 Å². The van der Waals surface area contributed by atoms with Gasteiger partial charge >= 0.3 is 5.97 Å². The number of rotatable bonds is 24. The average molecular weight is 1180 g/mol. The third-order valence-electron chi connectivity index (χ3n) is 13.5. The second-order valence-corrected chi connectivity index (χ2v) is 20.5. The van der Waals surface area contributed by atoms with Gasteiger partial charge in [-0.3, -0.25) is 47.9 Å². The molecule has 1 aliphatic heterocycles. The summed E-state index contributed by atoms with van der Waals surface area (Å²) in [4.78, 5) is 158. The molecular weight excluding hydrogens is 1100 g/mol. The first-order valence-electron chi connectivity index (χ1n) is 28.2. The van der Waals surface area contributed by atoms with Crippen LogP contribution < -0.4 is 53.6 Å². The van der Waals surface area contributed by atoms with Gasteiger partial charge in [0.25, 0.3) is 11.8 Å². The molecule has 0 aliphatic carbocycles. The number of primary amides is 1. The Balaban J connectivity index is 2.11. The van der Waals surface area contributed by atoms with Crippen molar-refractivity contribution >= 4 is 65.0 Å². The van der Waals surface area contributed by atoms with Crippen molar-refractivity contribution in [1.82, 2.24) is 57.8 Å². The molecule has 1 saturated heterocycles. The highest BCUT2D eigenvalue weighted by atomic mass is 16.5. The van der Waals surface area contributed by atoms with Crippen LogP contribution in [0.3, 0.4) is 0 Å². The highest BCUT2D eigenvalue weighted by Crippen LogP contribution is 2.16. The van der Waals surface area contributed by atoms with Gasteiger partial charge in [0.05, 0.1) is 37.6 Å². The van der Waals surface area contributed by atoms with Gasteiger partial charge in [0.1, 0.15) is 59.5 Å². The normalized spacial score (nSPS) is 22.8. The van der Waals surface area contributed by atoms with E-state index in [1.807, 2.05) is 0 Å². The van der Waals surface area contributed by atoms with Gasteiger partial charge in [-0.15, -0.1) is 0 Å². The first-order valence-corrected chi connectivity index (χ1v) is 28.2. The molecule has 10 unspecified atom stereocenters. The summed E-state index contributed by atoms with van der Waals surface area (Å²) in [5.41, 5.74) is 5.05. The zero-order valence-electron chi connectivity index (χ0n) is 48.4. The Morgan fingerprint density at radius 1 is 0.762 bits per heavy atom. The van der Waals surface area contributed by atoms with Gasteiger partial charge < -0.3 is 83.7 Å². The Labute approximate surface area is 487 Å². The number of unbranched alkanes of at least 4 members (excludes halogenated alkanes) is 8. The summed E-state index contributed by atoms with van der Waals surface area (Å²) in [6, 6.07) is -5.52. The zero-order valence-corrected chi connectivity index (χ0v) is 48.4. The minimum atomic E-state index is -2.03. The first-order chi connectivity index (χ1) is 39.9. The molecule has 0 saturated carbocycles. The predicted octanol–water partition coefficient (Wildman–Crippen LogP) is -1.39. The van der Waals surface area contributed by atoms with Gasteiger partial charge in [-0.05, 0) is 65.2 Å². The lowest BCUT2D eigenvalue weighted by atomic mass is 10.0. The summed E-state index contributed by atoms with van der Waals surface area (Å²) in [5.74, 6) is -12.2. The topological polar surface area (TPSA) is 441 Å². The summed E-state index contributed by atoms with van der Waals surface area (Å²) >= 11 is 0. The SMILES string of the molecule is CC=C1NC(=O)CNC(=O)C(CCC(N)=O)NC(=O)C(Cc2ccc(O)cc2)NC(=O)C(C(C)O)NC(=O)C(NC(=O)C(=CC)NC(=O)CC(O)CCCCCCCCCCC)C(C)OC(=O)C(Cc2cnc[nH]2)NC(=O)C(C(C)O)NC1=O. The summed E-state index contributed by atoms with van der Waals surface area (Å²) in [6.45, 7) is 7.40. The molecule has 1 aromatic carbocycles. The monoisotopic (exact) mass is 1180 g/mol. The molecule has 1 aliphatic rings. The van der Waals surface area contributed by atoms with E-state index in [0.29, 0.717) is 18.4 Å². The van der Waals surface area contributed by atoms with Gasteiger partial charge in [0.2, 0.25) is 47.3 Å². The number of aromatic amines is 1. The van der Waals surface area contributed by atoms with E-state index < -0.39 is 169 Å². The number of carbonyl (C=O) groups excluding carboxylic acids is 11. The fourth-order valence-corrected chi connectivity index (χ4v) is 8.67. The fraction of sp³-hybridized carbons (Fsp3) is 0.571.